The molecule has 1 aromatic heterocycles. The summed E-state index contributed by atoms with van der Waals surface area (Å²) in [6.45, 7) is 4.00. The van der Waals surface area contributed by atoms with Crippen LogP contribution in [0.1, 0.15) is 24.2 Å². The van der Waals surface area contributed by atoms with Crippen LogP contribution in [0.2, 0.25) is 0 Å². The molecule has 5 nitrogen and oxygen atoms in total. The van der Waals surface area contributed by atoms with Crippen LogP contribution >= 0.6 is 0 Å². The lowest BCUT2D eigenvalue weighted by molar-refractivity contribution is 0.0697. The number of rotatable bonds is 3. The van der Waals surface area contributed by atoms with Crippen molar-refractivity contribution in [1.29, 1.82) is 0 Å². The predicted octanol–water partition coefficient (Wildman–Crippen LogP) is 2.15. The number of hydrogen-bond donors (Lipinski definition) is 2. The van der Waals surface area contributed by atoms with E-state index in [1.807, 2.05) is 13.8 Å². The van der Waals surface area contributed by atoms with Crippen molar-refractivity contribution in [2.75, 3.05) is 5.32 Å². The topological polar surface area (TPSA) is 75.1 Å². The number of nitrogens with one attached hydrogen (secondary N) is 1. The summed E-state index contributed by atoms with van der Waals surface area (Å²) >= 11 is 0. The van der Waals surface area contributed by atoms with E-state index in [1.54, 1.807) is 18.3 Å². The number of anilines is 1. The number of hydrogen-bond acceptors (Lipinski definition) is 4. The molecule has 0 spiro atoms. The first-order valence-electron chi connectivity index (χ1n) is 5.33. The van der Waals surface area contributed by atoms with Gasteiger partial charge in [-0.05, 0) is 32.0 Å². The molecule has 0 bridgehead atoms. The molecule has 0 saturated heterocycles. The van der Waals surface area contributed by atoms with Gasteiger partial charge < -0.3 is 10.4 Å². The maximum Gasteiger partial charge on any atom is 0.335 e. The van der Waals surface area contributed by atoms with Gasteiger partial charge in [-0.3, -0.25) is 0 Å². The van der Waals surface area contributed by atoms with Gasteiger partial charge in [-0.1, -0.05) is 0 Å². The van der Waals surface area contributed by atoms with Crippen molar-refractivity contribution in [3.8, 4) is 0 Å². The zero-order chi connectivity index (χ0) is 12.4. The molecule has 0 aliphatic carbocycles. The Morgan fingerprint density at radius 3 is 2.82 bits per heavy atom. The van der Waals surface area contributed by atoms with E-state index in [9.17, 15) is 4.79 Å². The minimum absolute atomic E-state index is 0.241. The molecule has 1 aromatic carbocycles. The molecule has 0 aliphatic heterocycles. The fraction of sp³-hybridized carbons (Fsp3) is 0.250. The SMILES string of the molecule is CC(C)Nc1ncc2cc(C(=O)O)ccc2n1. The molecule has 0 fully saturated rings. The molecule has 2 N–H and O–H groups in total. The van der Waals surface area contributed by atoms with Crippen LogP contribution in [0.5, 0.6) is 0 Å². The van der Waals surface area contributed by atoms with Crippen molar-refractivity contribution in [3.63, 3.8) is 0 Å². The summed E-state index contributed by atoms with van der Waals surface area (Å²) in [5, 5.41) is 12.7. The van der Waals surface area contributed by atoms with Crippen LogP contribution in [0.4, 0.5) is 5.95 Å². The smallest absolute Gasteiger partial charge is 0.335 e. The number of aromatic nitrogens is 2. The Labute approximate surface area is 98.5 Å². The highest BCUT2D eigenvalue weighted by molar-refractivity contribution is 5.93. The predicted molar refractivity (Wildman–Crippen MR) is 65.3 cm³/mol. The second kappa shape index (κ2) is 4.37. The molecular weight excluding hydrogens is 218 g/mol. The standard InChI is InChI=1S/C12H13N3O2/c1-7(2)14-12-13-6-9-5-8(11(16)17)3-4-10(9)15-12/h3-7H,1-2H3,(H,16,17)(H,13,14,15). The van der Waals surface area contributed by atoms with E-state index in [0.717, 1.165) is 10.9 Å². The average molecular weight is 231 g/mol. The normalized spacial score (nSPS) is 10.8. The lowest BCUT2D eigenvalue weighted by atomic mass is 10.1. The first kappa shape index (κ1) is 11.3. The van der Waals surface area contributed by atoms with E-state index in [2.05, 4.69) is 15.3 Å². The number of aromatic carboxylic acids is 1. The molecule has 2 aromatic rings. The molecule has 0 amide bonds. The van der Waals surface area contributed by atoms with Gasteiger partial charge in [0.15, 0.2) is 0 Å². The third-order valence-electron chi connectivity index (χ3n) is 2.24. The van der Waals surface area contributed by atoms with E-state index < -0.39 is 5.97 Å². The number of benzene rings is 1. The number of nitrogens with zero attached hydrogens (tertiary/aromatic N) is 2. The second-order valence-corrected chi connectivity index (χ2v) is 4.07. The zero-order valence-corrected chi connectivity index (χ0v) is 9.64. The molecule has 0 radical (unpaired) electrons. The van der Waals surface area contributed by atoms with Crippen LogP contribution in [0.15, 0.2) is 24.4 Å². The third kappa shape index (κ3) is 2.50. The Hall–Kier alpha value is -2.17. The van der Waals surface area contributed by atoms with Crippen LogP contribution < -0.4 is 5.32 Å². The van der Waals surface area contributed by atoms with Gasteiger partial charge in [0.1, 0.15) is 0 Å². The molecule has 0 atom stereocenters. The third-order valence-corrected chi connectivity index (χ3v) is 2.24. The number of carboxylic acids is 1. The van der Waals surface area contributed by atoms with Gasteiger partial charge in [0.2, 0.25) is 5.95 Å². The van der Waals surface area contributed by atoms with E-state index in [1.165, 1.54) is 6.07 Å². The molecule has 1 heterocycles. The van der Waals surface area contributed by atoms with Crippen LogP contribution in [0.25, 0.3) is 10.9 Å². The largest absolute Gasteiger partial charge is 0.478 e. The van der Waals surface area contributed by atoms with Crippen molar-refractivity contribution in [2.24, 2.45) is 0 Å². The fourth-order valence-corrected chi connectivity index (χ4v) is 1.49. The first-order valence-corrected chi connectivity index (χ1v) is 5.33. The Morgan fingerprint density at radius 2 is 2.18 bits per heavy atom. The van der Waals surface area contributed by atoms with Crippen molar-refractivity contribution < 1.29 is 9.90 Å². The van der Waals surface area contributed by atoms with E-state index in [-0.39, 0.29) is 11.6 Å². The second-order valence-electron chi connectivity index (χ2n) is 4.07. The Bertz CT molecular complexity index is 567. The van der Waals surface area contributed by atoms with Gasteiger partial charge in [0.05, 0.1) is 11.1 Å². The maximum atomic E-state index is 10.8. The molecule has 17 heavy (non-hydrogen) atoms. The summed E-state index contributed by atoms with van der Waals surface area (Å²) < 4.78 is 0. The average Bonchev–Trinajstić information content (AvgIpc) is 2.27. The lowest BCUT2D eigenvalue weighted by Gasteiger charge is -2.08. The number of carboxylic acid groups (broad SMARTS) is 1. The van der Waals surface area contributed by atoms with Gasteiger partial charge in [-0.2, -0.15) is 0 Å². The summed E-state index contributed by atoms with van der Waals surface area (Å²) in [5.74, 6) is -0.396. The first-order chi connectivity index (χ1) is 8.06. The quantitative estimate of drug-likeness (QED) is 0.846. The van der Waals surface area contributed by atoms with Crippen molar-refractivity contribution >= 4 is 22.8 Å². The van der Waals surface area contributed by atoms with Crippen molar-refractivity contribution in [3.05, 3.63) is 30.0 Å². The maximum absolute atomic E-state index is 10.8. The van der Waals surface area contributed by atoms with E-state index in [4.69, 9.17) is 5.11 Å². The molecule has 2 rings (SSSR count). The highest BCUT2D eigenvalue weighted by Gasteiger charge is 2.06. The van der Waals surface area contributed by atoms with Gasteiger partial charge >= 0.3 is 5.97 Å². The zero-order valence-electron chi connectivity index (χ0n) is 9.64. The van der Waals surface area contributed by atoms with Gasteiger partial charge in [0, 0.05) is 17.6 Å². The highest BCUT2D eigenvalue weighted by atomic mass is 16.4. The van der Waals surface area contributed by atoms with Crippen LogP contribution in [-0.2, 0) is 0 Å². The number of carbonyl (C=O) groups is 1. The summed E-state index contributed by atoms with van der Waals surface area (Å²) in [6, 6.07) is 5.05. The van der Waals surface area contributed by atoms with E-state index >= 15 is 0 Å². The molecular formula is C12H13N3O2. The minimum atomic E-state index is -0.948. The van der Waals surface area contributed by atoms with Crippen LogP contribution in [0, 0.1) is 0 Å². The van der Waals surface area contributed by atoms with Crippen LogP contribution in [-0.4, -0.2) is 27.1 Å². The molecule has 88 valence electrons. The molecule has 5 heteroatoms. The Kier molecular flexibility index (Phi) is 2.91. The molecule has 0 unspecified atom stereocenters. The van der Waals surface area contributed by atoms with Crippen molar-refractivity contribution in [2.45, 2.75) is 19.9 Å². The number of fused-ring (bicyclic) bond motifs is 1. The monoisotopic (exact) mass is 231 g/mol. The van der Waals surface area contributed by atoms with Gasteiger partial charge in [0.25, 0.3) is 0 Å². The minimum Gasteiger partial charge on any atom is -0.478 e. The van der Waals surface area contributed by atoms with Crippen molar-refractivity contribution in [1.82, 2.24) is 9.97 Å². The molecule has 0 aliphatic rings. The Balaban J connectivity index is 2.43. The lowest BCUT2D eigenvalue weighted by Crippen LogP contribution is -2.12. The van der Waals surface area contributed by atoms with Gasteiger partial charge in [-0.15, -0.1) is 0 Å². The summed E-state index contributed by atoms with van der Waals surface area (Å²) in [7, 11) is 0. The van der Waals surface area contributed by atoms with E-state index in [0.29, 0.717) is 5.95 Å². The Morgan fingerprint density at radius 1 is 1.41 bits per heavy atom. The molecule has 0 saturated carbocycles. The summed E-state index contributed by atoms with van der Waals surface area (Å²) in [6.07, 6.45) is 1.62. The highest BCUT2D eigenvalue weighted by Crippen LogP contribution is 2.15. The van der Waals surface area contributed by atoms with Crippen LogP contribution in [0.3, 0.4) is 0 Å². The summed E-state index contributed by atoms with van der Waals surface area (Å²) in [5.41, 5.74) is 0.971. The summed E-state index contributed by atoms with van der Waals surface area (Å²) in [4.78, 5) is 19.2. The fourth-order valence-electron chi connectivity index (χ4n) is 1.49. The van der Waals surface area contributed by atoms with Gasteiger partial charge in [-0.25, -0.2) is 14.8 Å².